The molecule has 2 unspecified atom stereocenters. The van der Waals surface area contributed by atoms with Crippen LogP contribution in [0.5, 0.6) is 0 Å². The third-order valence-corrected chi connectivity index (χ3v) is 3.41. The highest BCUT2D eigenvalue weighted by atomic mass is 14.6. The molecule has 0 saturated heterocycles. The Kier molecular flexibility index (Phi) is 4.40. The van der Waals surface area contributed by atoms with Crippen molar-refractivity contribution in [2.24, 2.45) is 29.4 Å². The molecule has 2 atom stereocenters. The maximum atomic E-state index is 6.17. The lowest BCUT2D eigenvalue weighted by Gasteiger charge is -2.28. The molecule has 0 aromatic rings. The SMILES string of the molecule is C/C=C\C=C1/C=C(N)C(C(C)C)C1C(C)C. The van der Waals surface area contributed by atoms with Crippen molar-refractivity contribution in [3.05, 3.63) is 35.6 Å². The fourth-order valence-electron chi connectivity index (χ4n) is 2.77. The maximum absolute atomic E-state index is 6.17. The van der Waals surface area contributed by atoms with E-state index in [4.69, 9.17) is 5.73 Å². The van der Waals surface area contributed by atoms with Crippen LogP contribution in [0.2, 0.25) is 0 Å². The van der Waals surface area contributed by atoms with Gasteiger partial charge in [-0.2, -0.15) is 0 Å². The molecule has 0 radical (unpaired) electrons. The van der Waals surface area contributed by atoms with Crippen molar-refractivity contribution in [1.29, 1.82) is 0 Å². The fraction of sp³-hybridized carbons (Fsp3) is 0.600. The van der Waals surface area contributed by atoms with Crippen molar-refractivity contribution in [3.8, 4) is 0 Å². The molecule has 0 aliphatic heterocycles. The van der Waals surface area contributed by atoms with Crippen LogP contribution < -0.4 is 5.73 Å². The van der Waals surface area contributed by atoms with Crippen molar-refractivity contribution in [2.75, 3.05) is 0 Å². The van der Waals surface area contributed by atoms with Gasteiger partial charge in [0.1, 0.15) is 0 Å². The summed E-state index contributed by atoms with van der Waals surface area (Å²) in [5, 5.41) is 0. The van der Waals surface area contributed by atoms with Gasteiger partial charge in [0.05, 0.1) is 0 Å². The zero-order valence-electron chi connectivity index (χ0n) is 11.2. The minimum absolute atomic E-state index is 0.511. The summed E-state index contributed by atoms with van der Waals surface area (Å²) in [5.74, 6) is 2.34. The topological polar surface area (TPSA) is 26.0 Å². The highest BCUT2D eigenvalue weighted by Crippen LogP contribution is 2.42. The van der Waals surface area contributed by atoms with Gasteiger partial charge >= 0.3 is 0 Å². The van der Waals surface area contributed by atoms with E-state index in [1.807, 2.05) is 6.92 Å². The third-order valence-electron chi connectivity index (χ3n) is 3.41. The summed E-state index contributed by atoms with van der Waals surface area (Å²) < 4.78 is 0. The summed E-state index contributed by atoms with van der Waals surface area (Å²) in [6.45, 7) is 11.1. The van der Waals surface area contributed by atoms with Crippen molar-refractivity contribution in [2.45, 2.75) is 34.6 Å². The minimum Gasteiger partial charge on any atom is -0.402 e. The first-order chi connectivity index (χ1) is 7.49. The smallest absolute Gasteiger partial charge is 0.0124 e. The largest absolute Gasteiger partial charge is 0.402 e. The van der Waals surface area contributed by atoms with Gasteiger partial charge < -0.3 is 5.73 Å². The number of hydrogen-bond donors (Lipinski definition) is 1. The van der Waals surface area contributed by atoms with Gasteiger partial charge in [-0.05, 0) is 36.3 Å². The molecule has 16 heavy (non-hydrogen) atoms. The second-order valence-corrected chi connectivity index (χ2v) is 5.38. The van der Waals surface area contributed by atoms with Crippen LogP contribution in [0, 0.1) is 23.7 Å². The van der Waals surface area contributed by atoms with E-state index in [1.165, 1.54) is 5.57 Å². The van der Waals surface area contributed by atoms with Crippen LogP contribution in [0.4, 0.5) is 0 Å². The van der Waals surface area contributed by atoms with E-state index in [-0.39, 0.29) is 0 Å². The van der Waals surface area contributed by atoms with Crippen LogP contribution in [0.1, 0.15) is 34.6 Å². The molecule has 2 N–H and O–H groups in total. The Morgan fingerprint density at radius 1 is 1.12 bits per heavy atom. The molecular formula is C15H25N. The maximum Gasteiger partial charge on any atom is 0.0124 e. The number of rotatable bonds is 3. The standard InChI is InChI=1S/C15H25N/c1-6-7-8-12-9-13(16)15(11(4)5)14(12)10(2)3/h6-11,14-15H,16H2,1-5H3/b7-6-,12-8+. The molecule has 90 valence electrons. The molecule has 0 saturated carbocycles. The van der Waals surface area contributed by atoms with Gasteiger partial charge in [0.15, 0.2) is 0 Å². The van der Waals surface area contributed by atoms with Gasteiger partial charge in [-0.3, -0.25) is 0 Å². The lowest BCUT2D eigenvalue weighted by Crippen LogP contribution is -2.25. The average molecular weight is 219 g/mol. The van der Waals surface area contributed by atoms with E-state index in [1.54, 1.807) is 0 Å². The Morgan fingerprint density at radius 2 is 1.69 bits per heavy atom. The van der Waals surface area contributed by atoms with Crippen molar-refractivity contribution < 1.29 is 0 Å². The molecule has 0 bridgehead atoms. The van der Waals surface area contributed by atoms with E-state index in [2.05, 4.69) is 52.0 Å². The third kappa shape index (κ3) is 2.58. The predicted octanol–water partition coefficient (Wildman–Crippen LogP) is 3.89. The molecule has 1 nitrogen and oxygen atoms in total. The second-order valence-electron chi connectivity index (χ2n) is 5.38. The average Bonchev–Trinajstić information content (AvgIpc) is 2.52. The molecule has 1 aliphatic carbocycles. The zero-order chi connectivity index (χ0) is 12.3. The van der Waals surface area contributed by atoms with Gasteiger partial charge in [-0.15, -0.1) is 0 Å². The molecule has 1 rings (SSSR count). The molecule has 1 aliphatic rings. The summed E-state index contributed by atoms with van der Waals surface area (Å²) in [6.07, 6.45) is 8.56. The Hall–Kier alpha value is -0.980. The quantitative estimate of drug-likeness (QED) is 0.765. The summed E-state index contributed by atoms with van der Waals surface area (Å²) in [7, 11) is 0. The van der Waals surface area contributed by atoms with Gasteiger partial charge in [-0.1, -0.05) is 45.9 Å². The van der Waals surface area contributed by atoms with Gasteiger partial charge in [-0.25, -0.2) is 0 Å². The predicted molar refractivity (Wildman–Crippen MR) is 71.8 cm³/mol. The van der Waals surface area contributed by atoms with Gasteiger partial charge in [0.25, 0.3) is 0 Å². The first kappa shape index (κ1) is 13.1. The van der Waals surface area contributed by atoms with Gasteiger partial charge in [0, 0.05) is 11.6 Å². The Morgan fingerprint density at radius 3 is 2.12 bits per heavy atom. The summed E-state index contributed by atoms with van der Waals surface area (Å²) in [4.78, 5) is 0. The van der Waals surface area contributed by atoms with Crippen LogP contribution >= 0.6 is 0 Å². The molecule has 0 aromatic heterocycles. The molecule has 0 heterocycles. The van der Waals surface area contributed by atoms with E-state index >= 15 is 0 Å². The second kappa shape index (κ2) is 5.38. The molecule has 1 heteroatoms. The molecule has 0 amide bonds. The van der Waals surface area contributed by atoms with Crippen LogP contribution in [-0.2, 0) is 0 Å². The Labute approximate surface area is 100 Å². The van der Waals surface area contributed by atoms with Crippen molar-refractivity contribution >= 4 is 0 Å². The van der Waals surface area contributed by atoms with Crippen molar-refractivity contribution in [3.63, 3.8) is 0 Å². The fourth-order valence-corrected chi connectivity index (χ4v) is 2.77. The Bertz CT molecular complexity index is 318. The van der Waals surface area contributed by atoms with E-state index < -0.39 is 0 Å². The summed E-state index contributed by atoms with van der Waals surface area (Å²) in [6, 6.07) is 0. The highest BCUT2D eigenvalue weighted by Gasteiger charge is 2.35. The first-order valence-electron chi connectivity index (χ1n) is 6.29. The summed E-state index contributed by atoms with van der Waals surface area (Å²) >= 11 is 0. The van der Waals surface area contributed by atoms with E-state index in [0.717, 1.165) is 5.70 Å². The van der Waals surface area contributed by atoms with Crippen LogP contribution in [-0.4, -0.2) is 0 Å². The molecule has 0 aromatic carbocycles. The first-order valence-corrected chi connectivity index (χ1v) is 6.29. The van der Waals surface area contributed by atoms with Crippen LogP contribution in [0.3, 0.4) is 0 Å². The van der Waals surface area contributed by atoms with Crippen LogP contribution in [0.25, 0.3) is 0 Å². The van der Waals surface area contributed by atoms with E-state index in [0.29, 0.717) is 23.7 Å². The monoisotopic (exact) mass is 219 g/mol. The summed E-state index contributed by atoms with van der Waals surface area (Å²) in [5.41, 5.74) is 8.62. The Balaban J connectivity index is 3.04. The molecule has 0 spiro atoms. The molecular weight excluding hydrogens is 194 g/mol. The normalized spacial score (nSPS) is 28.7. The van der Waals surface area contributed by atoms with Gasteiger partial charge in [0.2, 0.25) is 0 Å². The van der Waals surface area contributed by atoms with Crippen molar-refractivity contribution in [1.82, 2.24) is 0 Å². The number of hydrogen-bond acceptors (Lipinski definition) is 1. The number of allylic oxidation sites excluding steroid dienone is 6. The lowest BCUT2D eigenvalue weighted by atomic mass is 9.76. The lowest BCUT2D eigenvalue weighted by molar-refractivity contribution is 0.285. The van der Waals surface area contributed by atoms with Crippen LogP contribution in [0.15, 0.2) is 35.6 Å². The minimum atomic E-state index is 0.511. The highest BCUT2D eigenvalue weighted by molar-refractivity contribution is 5.37. The zero-order valence-corrected chi connectivity index (χ0v) is 11.2. The van der Waals surface area contributed by atoms with E-state index in [9.17, 15) is 0 Å². The number of nitrogens with two attached hydrogens (primary N) is 1. The molecule has 0 fully saturated rings.